The fourth-order valence-electron chi connectivity index (χ4n) is 3.21. The average Bonchev–Trinajstić information content (AvgIpc) is 3.54. The standard InChI is InChI=1S/C20H17F2N3O2/c21-19(22)27-17-6-1-13(2-7-17)14-3-8-18(25-9-14)20(26,15-4-5-15)16-10-23-12-24-11-16/h1-3,6-12,15,19,26H,4-5H2. The highest BCUT2D eigenvalue weighted by Gasteiger charge is 2.47. The summed E-state index contributed by atoms with van der Waals surface area (Å²) in [6.45, 7) is -2.85. The van der Waals surface area contributed by atoms with Crippen LogP contribution < -0.4 is 4.74 Å². The summed E-state index contributed by atoms with van der Waals surface area (Å²) in [6.07, 6.45) is 8.15. The number of alkyl halides is 2. The van der Waals surface area contributed by atoms with Gasteiger partial charge in [-0.3, -0.25) is 4.98 Å². The molecule has 2 heterocycles. The summed E-state index contributed by atoms with van der Waals surface area (Å²) in [4.78, 5) is 12.5. The van der Waals surface area contributed by atoms with Crippen molar-refractivity contribution >= 4 is 0 Å². The molecule has 27 heavy (non-hydrogen) atoms. The van der Waals surface area contributed by atoms with Crippen molar-refractivity contribution in [1.29, 1.82) is 0 Å². The predicted molar refractivity (Wildman–Crippen MR) is 94.1 cm³/mol. The van der Waals surface area contributed by atoms with Crippen molar-refractivity contribution in [2.24, 2.45) is 5.92 Å². The maximum Gasteiger partial charge on any atom is 0.387 e. The van der Waals surface area contributed by atoms with E-state index in [1.165, 1.54) is 18.5 Å². The average molecular weight is 369 g/mol. The molecule has 0 spiro atoms. The number of aliphatic hydroxyl groups is 1. The first-order chi connectivity index (χ1) is 13.1. The Balaban J connectivity index is 1.61. The van der Waals surface area contributed by atoms with Crippen molar-refractivity contribution in [2.45, 2.75) is 25.1 Å². The van der Waals surface area contributed by atoms with Gasteiger partial charge in [0.15, 0.2) is 0 Å². The molecule has 1 N–H and O–H groups in total. The Labute approximate surface area is 154 Å². The van der Waals surface area contributed by atoms with Crippen molar-refractivity contribution in [3.63, 3.8) is 0 Å². The van der Waals surface area contributed by atoms with Gasteiger partial charge in [0.25, 0.3) is 0 Å². The molecule has 2 aromatic heterocycles. The quantitative estimate of drug-likeness (QED) is 0.716. The van der Waals surface area contributed by atoms with E-state index in [2.05, 4.69) is 19.7 Å². The van der Waals surface area contributed by atoms with Crippen molar-refractivity contribution in [1.82, 2.24) is 15.0 Å². The second-order valence-corrected chi connectivity index (χ2v) is 6.50. The lowest BCUT2D eigenvalue weighted by Gasteiger charge is -2.27. The number of benzene rings is 1. The van der Waals surface area contributed by atoms with E-state index in [4.69, 9.17) is 0 Å². The summed E-state index contributed by atoms with van der Waals surface area (Å²) in [7, 11) is 0. The van der Waals surface area contributed by atoms with Gasteiger partial charge in [0.1, 0.15) is 17.7 Å². The van der Waals surface area contributed by atoms with E-state index < -0.39 is 12.2 Å². The van der Waals surface area contributed by atoms with E-state index in [-0.39, 0.29) is 11.7 Å². The first-order valence-corrected chi connectivity index (χ1v) is 8.57. The van der Waals surface area contributed by atoms with Crippen LogP contribution in [0.25, 0.3) is 11.1 Å². The highest BCUT2D eigenvalue weighted by Crippen LogP contribution is 2.48. The highest BCUT2D eigenvalue weighted by atomic mass is 19.3. The minimum absolute atomic E-state index is 0.0904. The molecule has 1 aromatic carbocycles. The van der Waals surface area contributed by atoms with Crippen LogP contribution in [0.5, 0.6) is 5.75 Å². The lowest BCUT2D eigenvalue weighted by Crippen LogP contribution is -2.31. The van der Waals surface area contributed by atoms with Crippen molar-refractivity contribution in [3.8, 4) is 16.9 Å². The Morgan fingerprint density at radius 1 is 0.963 bits per heavy atom. The van der Waals surface area contributed by atoms with E-state index in [0.717, 1.165) is 24.0 Å². The molecule has 7 heteroatoms. The number of ether oxygens (including phenoxy) is 1. The van der Waals surface area contributed by atoms with Crippen LogP contribution in [0.4, 0.5) is 8.78 Å². The van der Waals surface area contributed by atoms with Gasteiger partial charge in [0, 0.05) is 29.7 Å². The number of pyridine rings is 1. The number of halogens is 2. The zero-order valence-corrected chi connectivity index (χ0v) is 14.3. The maximum absolute atomic E-state index is 12.2. The third-order valence-corrected chi connectivity index (χ3v) is 4.74. The van der Waals surface area contributed by atoms with E-state index in [9.17, 15) is 13.9 Å². The number of rotatable bonds is 6. The number of hydrogen-bond donors (Lipinski definition) is 1. The van der Waals surface area contributed by atoms with Gasteiger partial charge in [-0.1, -0.05) is 18.2 Å². The maximum atomic E-state index is 12.2. The zero-order valence-electron chi connectivity index (χ0n) is 14.3. The molecular formula is C20H17F2N3O2. The monoisotopic (exact) mass is 369 g/mol. The third kappa shape index (κ3) is 3.50. The summed E-state index contributed by atoms with van der Waals surface area (Å²) >= 11 is 0. The molecule has 1 aliphatic rings. The van der Waals surface area contributed by atoms with E-state index in [1.54, 1.807) is 36.8 Å². The second-order valence-electron chi connectivity index (χ2n) is 6.50. The zero-order chi connectivity index (χ0) is 18.9. The first kappa shape index (κ1) is 17.5. The van der Waals surface area contributed by atoms with Gasteiger partial charge in [-0.05, 0) is 42.5 Å². The van der Waals surface area contributed by atoms with Crippen LogP contribution in [0.3, 0.4) is 0 Å². The van der Waals surface area contributed by atoms with Gasteiger partial charge in [-0.2, -0.15) is 8.78 Å². The molecule has 0 saturated heterocycles. The molecule has 1 atom stereocenters. The highest BCUT2D eigenvalue weighted by molar-refractivity contribution is 5.63. The first-order valence-electron chi connectivity index (χ1n) is 8.57. The van der Waals surface area contributed by atoms with Gasteiger partial charge in [0.2, 0.25) is 0 Å². The van der Waals surface area contributed by atoms with Gasteiger partial charge < -0.3 is 9.84 Å². The van der Waals surface area contributed by atoms with Crippen LogP contribution in [-0.2, 0) is 5.60 Å². The van der Waals surface area contributed by atoms with Crippen LogP contribution in [0.1, 0.15) is 24.1 Å². The molecule has 0 aliphatic heterocycles. The molecule has 1 aliphatic carbocycles. The minimum atomic E-state index is -2.85. The van der Waals surface area contributed by atoms with Gasteiger partial charge in [-0.15, -0.1) is 0 Å². The predicted octanol–water partition coefficient (Wildman–Crippen LogP) is 3.79. The molecule has 4 rings (SSSR count). The Kier molecular flexibility index (Phi) is 4.53. The molecule has 0 amide bonds. The lowest BCUT2D eigenvalue weighted by molar-refractivity contribution is -0.0498. The summed E-state index contributed by atoms with van der Waals surface area (Å²) < 4.78 is 28.8. The summed E-state index contributed by atoms with van der Waals surface area (Å²) in [6, 6.07) is 9.97. The van der Waals surface area contributed by atoms with Crippen LogP contribution in [-0.4, -0.2) is 26.7 Å². The number of nitrogens with zero attached hydrogens (tertiary/aromatic N) is 3. The molecule has 0 radical (unpaired) electrons. The Morgan fingerprint density at radius 3 is 2.19 bits per heavy atom. The molecule has 1 unspecified atom stereocenters. The topological polar surface area (TPSA) is 68.1 Å². The molecule has 3 aromatic rings. The summed E-state index contributed by atoms with van der Waals surface area (Å²) in [5, 5.41) is 11.3. The fourth-order valence-corrected chi connectivity index (χ4v) is 3.21. The molecule has 1 saturated carbocycles. The van der Waals surface area contributed by atoms with Crippen molar-refractivity contribution < 1.29 is 18.6 Å². The fraction of sp³-hybridized carbons (Fsp3) is 0.250. The number of hydrogen-bond acceptors (Lipinski definition) is 5. The summed E-state index contributed by atoms with van der Waals surface area (Å²) in [5.74, 6) is 0.193. The Morgan fingerprint density at radius 2 is 1.63 bits per heavy atom. The van der Waals surface area contributed by atoms with Crippen LogP contribution in [0.15, 0.2) is 61.3 Å². The van der Waals surface area contributed by atoms with Crippen LogP contribution in [0, 0.1) is 5.92 Å². The Hall–Kier alpha value is -2.93. The Bertz CT molecular complexity index is 901. The number of aromatic nitrogens is 3. The van der Waals surface area contributed by atoms with Crippen LogP contribution >= 0.6 is 0 Å². The van der Waals surface area contributed by atoms with E-state index in [1.807, 2.05) is 6.07 Å². The molecular weight excluding hydrogens is 352 g/mol. The second kappa shape index (κ2) is 7.00. The van der Waals surface area contributed by atoms with Crippen molar-refractivity contribution in [2.75, 3.05) is 0 Å². The molecule has 138 valence electrons. The third-order valence-electron chi connectivity index (χ3n) is 4.74. The van der Waals surface area contributed by atoms with E-state index in [0.29, 0.717) is 11.3 Å². The smallest absolute Gasteiger partial charge is 0.387 e. The van der Waals surface area contributed by atoms with Crippen LogP contribution in [0.2, 0.25) is 0 Å². The van der Waals surface area contributed by atoms with Gasteiger partial charge in [0.05, 0.1) is 5.69 Å². The normalized spacial score (nSPS) is 16.1. The SMILES string of the molecule is OC(c1cncnc1)(c1ccc(-c2ccc(OC(F)F)cc2)cn1)C1CC1. The molecule has 5 nitrogen and oxygen atoms in total. The van der Waals surface area contributed by atoms with Crippen molar-refractivity contribution in [3.05, 3.63) is 72.6 Å². The largest absolute Gasteiger partial charge is 0.435 e. The van der Waals surface area contributed by atoms with Gasteiger partial charge in [-0.25, -0.2) is 9.97 Å². The molecule has 0 bridgehead atoms. The molecule has 1 fully saturated rings. The summed E-state index contributed by atoms with van der Waals surface area (Å²) in [5.41, 5.74) is 1.58. The van der Waals surface area contributed by atoms with E-state index >= 15 is 0 Å². The minimum Gasteiger partial charge on any atom is -0.435 e. The van der Waals surface area contributed by atoms with Gasteiger partial charge >= 0.3 is 6.61 Å². The lowest BCUT2D eigenvalue weighted by atomic mass is 9.86.